The molecule has 1 atom stereocenters. The second-order valence-electron chi connectivity index (χ2n) is 5.35. The van der Waals surface area contributed by atoms with Crippen molar-refractivity contribution in [3.05, 3.63) is 28.4 Å². The fourth-order valence-corrected chi connectivity index (χ4v) is 3.51. The molecule has 4 rings (SSSR count). The summed E-state index contributed by atoms with van der Waals surface area (Å²) in [4.78, 5) is 0. The van der Waals surface area contributed by atoms with E-state index in [1.54, 1.807) is 0 Å². The van der Waals surface area contributed by atoms with Crippen molar-refractivity contribution in [3.8, 4) is 0 Å². The Kier molecular flexibility index (Phi) is 2.67. The first kappa shape index (κ1) is 12.0. The van der Waals surface area contributed by atoms with Gasteiger partial charge >= 0.3 is 0 Å². The second-order valence-corrected chi connectivity index (χ2v) is 5.75. The summed E-state index contributed by atoms with van der Waals surface area (Å²) in [5.74, 6) is 0.722. The average molecular weight is 263 g/mol. The molecule has 1 aromatic carbocycles. The molecule has 0 amide bonds. The van der Waals surface area contributed by atoms with Crippen LogP contribution < -0.4 is 0 Å². The molecule has 1 spiro atoms. The molecular weight excluding hydrogens is 244 g/mol. The van der Waals surface area contributed by atoms with Crippen LogP contribution in [0.25, 0.3) is 10.9 Å². The van der Waals surface area contributed by atoms with Gasteiger partial charge in [-0.2, -0.15) is 5.10 Å². The van der Waals surface area contributed by atoms with Crippen LogP contribution in [-0.2, 0) is 0 Å². The van der Waals surface area contributed by atoms with Gasteiger partial charge in [-0.3, -0.25) is 5.10 Å². The van der Waals surface area contributed by atoms with Crippen LogP contribution in [0, 0.1) is 12.3 Å². The summed E-state index contributed by atoms with van der Waals surface area (Å²) in [6.07, 6.45) is 6.05. The first-order chi connectivity index (χ1) is 8.71. The van der Waals surface area contributed by atoms with Crippen LogP contribution in [0.5, 0.6) is 0 Å². The van der Waals surface area contributed by atoms with Crippen molar-refractivity contribution in [1.82, 2.24) is 10.2 Å². The molecule has 1 unspecified atom stereocenters. The molecule has 2 nitrogen and oxygen atoms in total. The molecule has 0 radical (unpaired) electrons. The molecule has 1 aromatic heterocycles. The molecule has 2 saturated carbocycles. The Morgan fingerprint density at radius 2 is 2.11 bits per heavy atom. The number of nitrogens with zero attached hydrogens (tertiary/aromatic N) is 1. The number of aromatic amines is 1. The minimum Gasteiger partial charge on any atom is -0.278 e. The van der Waals surface area contributed by atoms with Gasteiger partial charge in [0.05, 0.1) is 11.7 Å². The Morgan fingerprint density at radius 3 is 2.72 bits per heavy atom. The lowest BCUT2D eigenvalue weighted by Crippen LogP contribution is -1.91. The minimum absolute atomic E-state index is 0.659. The van der Waals surface area contributed by atoms with Crippen molar-refractivity contribution < 1.29 is 0 Å². The summed E-state index contributed by atoms with van der Waals surface area (Å²) in [7, 11) is 0. The van der Waals surface area contributed by atoms with E-state index in [4.69, 9.17) is 11.6 Å². The van der Waals surface area contributed by atoms with Crippen molar-refractivity contribution in [2.24, 2.45) is 5.41 Å². The molecule has 1 heterocycles. The number of aromatic nitrogens is 2. The van der Waals surface area contributed by atoms with Gasteiger partial charge in [0.2, 0.25) is 0 Å². The van der Waals surface area contributed by atoms with E-state index in [-0.39, 0.29) is 0 Å². The molecule has 2 aliphatic rings. The molecular formula is C15H19ClN2. The zero-order valence-corrected chi connectivity index (χ0v) is 11.9. The topological polar surface area (TPSA) is 28.7 Å². The van der Waals surface area contributed by atoms with Gasteiger partial charge in [0, 0.05) is 10.4 Å². The molecule has 0 saturated heterocycles. The monoisotopic (exact) mass is 262 g/mol. The Bertz CT molecular complexity index is 596. The highest BCUT2D eigenvalue weighted by atomic mass is 35.5. The molecule has 2 aliphatic carbocycles. The zero-order chi connectivity index (χ0) is 12.9. The first-order valence-corrected chi connectivity index (χ1v) is 7.21. The lowest BCUT2D eigenvalue weighted by molar-refractivity contribution is 0.837. The lowest BCUT2D eigenvalue weighted by atomic mass is 9.99. The number of fused-ring (bicyclic) bond motifs is 1. The van der Waals surface area contributed by atoms with Crippen molar-refractivity contribution in [3.63, 3.8) is 0 Å². The summed E-state index contributed by atoms with van der Waals surface area (Å²) in [6.45, 7) is 6.17. The summed E-state index contributed by atoms with van der Waals surface area (Å²) < 4.78 is 0. The molecule has 96 valence electrons. The number of hydrogen-bond donors (Lipinski definition) is 1. The number of aryl methyl sites for hydroxylation is 1. The average Bonchev–Trinajstić information content (AvgIpc) is 3.24. The van der Waals surface area contributed by atoms with E-state index in [9.17, 15) is 0 Å². The second kappa shape index (κ2) is 3.99. The molecule has 0 aliphatic heterocycles. The number of hydrogen-bond acceptors (Lipinski definition) is 1. The van der Waals surface area contributed by atoms with Gasteiger partial charge < -0.3 is 0 Å². The van der Waals surface area contributed by atoms with E-state index in [0.717, 1.165) is 16.5 Å². The maximum absolute atomic E-state index is 6.41. The third-order valence-corrected chi connectivity index (χ3v) is 4.75. The van der Waals surface area contributed by atoms with E-state index in [1.807, 2.05) is 26.1 Å². The van der Waals surface area contributed by atoms with Crippen LogP contribution >= 0.6 is 11.6 Å². The fraction of sp³-hybridized carbons (Fsp3) is 0.533. The van der Waals surface area contributed by atoms with Gasteiger partial charge in [0.15, 0.2) is 0 Å². The van der Waals surface area contributed by atoms with Gasteiger partial charge in [-0.1, -0.05) is 25.4 Å². The van der Waals surface area contributed by atoms with Crippen LogP contribution in [-0.4, -0.2) is 10.2 Å². The van der Waals surface area contributed by atoms with Gasteiger partial charge in [0.25, 0.3) is 0 Å². The Labute approximate surface area is 113 Å². The third-order valence-electron chi connectivity index (χ3n) is 4.44. The quantitative estimate of drug-likeness (QED) is 0.784. The van der Waals surface area contributed by atoms with E-state index in [0.29, 0.717) is 5.41 Å². The number of rotatable bonds is 1. The van der Waals surface area contributed by atoms with Gasteiger partial charge in [-0.25, -0.2) is 0 Å². The molecule has 2 aromatic rings. The minimum atomic E-state index is 0.659. The van der Waals surface area contributed by atoms with E-state index in [1.165, 1.54) is 35.8 Å². The normalized spacial score (nSPS) is 22.8. The number of benzene rings is 1. The predicted molar refractivity (Wildman–Crippen MR) is 76.2 cm³/mol. The highest BCUT2D eigenvalue weighted by Gasteiger charge is 2.63. The summed E-state index contributed by atoms with van der Waals surface area (Å²) in [5.41, 5.74) is 4.42. The Morgan fingerprint density at radius 1 is 1.39 bits per heavy atom. The third kappa shape index (κ3) is 1.58. The summed E-state index contributed by atoms with van der Waals surface area (Å²) >= 11 is 6.41. The van der Waals surface area contributed by atoms with E-state index in [2.05, 4.69) is 17.1 Å². The van der Waals surface area contributed by atoms with Gasteiger partial charge in [0.1, 0.15) is 0 Å². The summed E-state index contributed by atoms with van der Waals surface area (Å²) in [5, 5.41) is 9.23. The van der Waals surface area contributed by atoms with Crippen LogP contribution in [0.15, 0.2) is 12.3 Å². The maximum atomic E-state index is 6.41. The Balaban J connectivity index is 0.000000478. The van der Waals surface area contributed by atoms with Crippen molar-refractivity contribution >= 4 is 22.5 Å². The molecule has 3 heteroatoms. The SMILES string of the molecule is CC.Cc1c(C2CC23CC3)c(Cl)cc2[nH]ncc12. The first-order valence-electron chi connectivity index (χ1n) is 6.83. The summed E-state index contributed by atoms with van der Waals surface area (Å²) in [6, 6.07) is 2.03. The molecule has 2 fully saturated rings. The van der Waals surface area contributed by atoms with Crippen LogP contribution in [0.4, 0.5) is 0 Å². The molecule has 0 bridgehead atoms. The van der Waals surface area contributed by atoms with Crippen molar-refractivity contribution in [2.45, 2.75) is 46.0 Å². The highest BCUT2D eigenvalue weighted by molar-refractivity contribution is 6.32. The molecule has 1 N–H and O–H groups in total. The number of H-pyrrole nitrogens is 1. The van der Waals surface area contributed by atoms with E-state index >= 15 is 0 Å². The van der Waals surface area contributed by atoms with Crippen LogP contribution in [0.2, 0.25) is 5.02 Å². The van der Waals surface area contributed by atoms with Crippen molar-refractivity contribution in [1.29, 1.82) is 0 Å². The zero-order valence-electron chi connectivity index (χ0n) is 11.2. The maximum Gasteiger partial charge on any atom is 0.0668 e. The fourth-order valence-electron chi connectivity index (χ4n) is 3.13. The highest BCUT2D eigenvalue weighted by Crippen LogP contribution is 2.75. The number of halogens is 1. The van der Waals surface area contributed by atoms with Crippen molar-refractivity contribution in [2.75, 3.05) is 0 Å². The largest absolute Gasteiger partial charge is 0.278 e. The van der Waals surface area contributed by atoms with Crippen LogP contribution in [0.1, 0.15) is 50.2 Å². The smallest absolute Gasteiger partial charge is 0.0668 e. The number of nitrogens with one attached hydrogen (secondary N) is 1. The molecule has 18 heavy (non-hydrogen) atoms. The standard InChI is InChI=1S/C13H13ClN2.C2H6/c1-7-8-6-15-16-11(8)4-10(14)12(7)9-5-13(9)2-3-13;1-2/h4,6,9H,2-3,5H2,1H3,(H,15,16);1-2H3. The lowest BCUT2D eigenvalue weighted by Gasteiger charge is -2.09. The van der Waals surface area contributed by atoms with Crippen LogP contribution in [0.3, 0.4) is 0 Å². The Hall–Kier alpha value is -1.02. The van der Waals surface area contributed by atoms with Gasteiger partial charge in [-0.15, -0.1) is 0 Å². The van der Waals surface area contributed by atoms with E-state index < -0.39 is 0 Å². The predicted octanol–water partition coefficient (Wildman–Crippen LogP) is 4.82. The van der Waals surface area contributed by atoms with Gasteiger partial charge in [-0.05, 0) is 54.7 Å².